The quantitative estimate of drug-likeness (QED) is 0.718. The van der Waals surface area contributed by atoms with Gasteiger partial charge in [0.15, 0.2) is 0 Å². The molecule has 22 heavy (non-hydrogen) atoms. The summed E-state index contributed by atoms with van der Waals surface area (Å²) in [6, 6.07) is 12.6. The minimum Gasteiger partial charge on any atom is -0.373 e. The van der Waals surface area contributed by atoms with E-state index in [0.29, 0.717) is 6.54 Å². The molecule has 0 atom stereocenters. The number of nitrogens with zero attached hydrogens (tertiary/aromatic N) is 1. The van der Waals surface area contributed by atoms with Crippen molar-refractivity contribution in [3.63, 3.8) is 0 Å². The summed E-state index contributed by atoms with van der Waals surface area (Å²) in [7, 11) is 0. The predicted octanol–water partition coefficient (Wildman–Crippen LogP) is 3.90. The molecule has 3 nitrogen and oxygen atoms in total. The molecule has 1 aromatic carbocycles. The van der Waals surface area contributed by atoms with Crippen molar-refractivity contribution >= 4 is 16.6 Å². The smallest absolute Gasteiger partial charge is 0.0904 e. The summed E-state index contributed by atoms with van der Waals surface area (Å²) < 4.78 is 0. The standard InChI is InChI=1S/C19H19N3/c1-3-15-7-9-19-16(11-15)12-17(22-19)5-4-10-20-18-8-6-14(2)21-13-18/h6-9,11-13,20,22H,3,10H2,1-2H3. The van der Waals surface area contributed by atoms with Crippen LogP contribution in [0.25, 0.3) is 10.9 Å². The van der Waals surface area contributed by atoms with Gasteiger partial charge in [0.2, 0.25) is 0 Å². The van der Waals surface area contributed by atoms with Gasteiger partial charge in [-0.15, -0.1) is 0 Å². The number of H-pyrrole nitrogens is 1. The highest BCUT2D eigenvalue weighted by atomic mass is 14.9. The maximum absolute atomic E-state index is 4.24. The Hall–Kier alpha value is -2.73. The predicted molar refractivity (Wildman–Crippen MR) is 92.0 cm³/mol. The highest BCUT2D eigenvalue weighted by Crippen LogP contribution is 2.17. The lowest BCUT2D eigenvalue weighted by molar-refractivity contribution is 1.15. The van der Waals surface area contributed by atoms with Gasteiger partial charge in [-0.05, 0) is 55.2 Å². The van der Waals surface area contributed by atoms with Gasteiger partial charge in [0.1, 0.15) is 0 Å². The number of rotatable bonds is 3. The maximum atomic E-state index is 4.24. The Balaban J connectivity index is 1.67. The maximum Gasteiger partial charge on any atom is 0.0904 e. The van der Waals surface area contributed by atoms with Crippen LogP contribution >= 0.6 is 0 Å². The molecular weight excluding hydrogens is 270 g/mol. The molecule has 0 saturated heterocycles. The second-order valence-corrected chi connectivity index (χ2v) is 5.30. The Bertz CT molecular complexity index is 832. The fourth-order valence-corrected chi connectivity index (χ4v) is 2.33. The third-order valence-corrected chi connectivity index (χ3v) is 3.61. The zero-order valence-electron chi connectivity index (χ0n) is 12.9. The molecule has 0 spiro atoms. The molecule has 3 aromatic rings. The molecule has 0 aliphatic carbocycles. The van der Waals surface area contributed by atoms with Gasteiger partial charge in [-0.25, -0.2) is 0 Å². The third kappa shape index (κ3) is 3.29. The van der Waals surface area contributed by atoms with E-state index in [1.54, 1.807) is 0 Å². The van der Waals surface area contributed by atoms with Crippen LogP contribution in [-0.4, -0.2) is 16.5 Å². The van der Waals surface area contributed by atoms with Crippen LogP contribution in [0.2, 0.25) is 0 Å². The van der Waals surface area contributed by atoms with E-state index >= 15 is 0 Å². The van der Waals surface area contributed by atoms with E-state index in [1.165, 1.54) is 10.9 Å². The average Bonchev–Trinajstić information content (AvgIpc) is 2.95. The fourth-order valence-electron chi connectivity index (χ4n) is 2.33. The molecule has 0 bridgehead atoms. The van der Waals surface area contributed by atoms with Crippen LogP contribution in [0.4, 0.5) is 5.69 Å². The van der Waals surface area contributed by atoms with Crippen LogP contribution in [0.5, 0.6) is 0 Å². The van der Waals surface area contributed by atoms with Crippen LogP contribution in [0.1, 0.15) is 23.9 Å². The number of hydrogen-bond donors (Lipinski definition) is 2. The lowest BCUT2D eigenvalue weighted by Gasteiger charge is -2.00. The molecule has 0 amide bonds. The van der Waals surface area contributed by atoms with Crippen molar-refractivity contribution < 1.29 is 0 Å². The molecule has 2 aromatic heterocycles. The fraction of sp³-hybridized carbons (Fsp3) is 0.211. The van der Waals surface area contributed by atoms with Crippen molar-refractivity contribution in [2.45, 2.75) is 20.3 Å². The molecule has 0 fully saturated rings. The molecule has 0 aliphatic heterocycles. The van der Waals surface area contributed by atoms with Crippen molar-refractivity contribution in [3.8, 4) is 11.8 Å². The minimum absolute atomic E-state index is 0.598. The molecule has 2 heterocycles. The van der Waals surface area contributed by atoms with Crippen LogP contribution in [0, 0.1) is 18.8 Å². The van der Waals surface area contributed by atoms with E-state index in [2.05, 4.69) is 58.3 Å². The number of nitrogens with one attached hydrogen (secondary N) is 2. The Morgan fingerprint density at radius 2 is 2.09 bits per heavy atom. The number of benzene rings is 1. The van der Waals surface area contributed by atoms with Gasteiger partial charge in [0.25, 0.3) is 0 Å². The van der Waals surface area contributed by atoms with Crippen molar-refractivity contribution in [3.05, 3.63) is 59.5 Å². The largest absolute Gasteiger partial charge is 0.373 e. The average molecular weight is 289 g/mol. The second-order valence-electron chi connectivity index (χ2n) is 5.30. The number of aromatic nitrogens is 2. The number of aromatic amines is 1. The Morgan fingerprint density at radius 1 is 1.18 bits per heavy atom. The molecule has 3 heteroatoms. The number of anilines is 1. The highest BCUT2D eigenvalue weighted by Gasteiger charge is 1.99. The SMILES string of the molecule is CCc1ccc2[nH]c(C#CCNc3ccc(C)nc3)cc2c1. The molecule has 0 radical (unpaired) electrons. The van der Waals surface area contributed by atoms with Gasteiger partial charge in [0.05, 0.1) is 24.1 Å². The first kappa shape index (κ1) is 14.2. The van der Waals surface area contributed by atoms with Crippen molar-refractivity contribution in [2.75, 3.05) is 11.9 Å². The zero-order valence-corrected chi connectivity index (χ0v) is 12.9. The molecule has 3 rings (SSSR count). The van der Waals surface area contributed by atoms with Crippen LogP contribution < -0.4 is 5.32 Å². The molecule has 0 saturated carbocycles. The molecule has 0 unspecified atom stereocenters. The molecule has 0 aliphatic rings. The monoisotopic (exact) mass is 289 g/mol. The van der Waals surface area contributed by atoms with E-state index in [9.17, 15) is 0 Å². The third-order valence-electron chi connectivity index (χ3n) is 3.61. The first-order valence-corrected chi connectivity index (χ1v) is 7.51. The molecule has 2 N–H and O–H groups in total. The van der Waals surface area contributed by atoms with Gasteiger partial charge in [-0.1, -0.05) is 18.9 Å². The lowest BCUT2D eigenvalue weighted by atomic mass is 10.1. The summed E-state index contributed by atoms with van der Waals surface area (Å²) in [5.41, 5.74) is 5.44. The summed E-state index contributed by atoms with van der Waals surface area (Å²) in [5, 5.41) is 4.47. The summed E-state index contributed by atoms with van der Waals surface area (Å²) in [4.78, 5) is 7.58. The van der Waals surface area contributed by atoms with Gasteiger partial charge in [-0.2, -0.15) is 0 Å². The molecule has 110 valence electrons. The van der Waals surface area contributed by atoms with Crippen molar-refractivity contribution in [1.82, 2.24) is 9.97 Å². The van der Waals surface area contributed by atoms with Gasteiger partial charge in [0, 0.05) is 16.6 Å². The van der Waals surface area contributed by atoms with Crippen LogP contribution in [-0.2, 0) is 6.42 Å². The van der Waals surface area contributed by atoms with E-state index in [4.69, 9.17) is 0 Å². The first-order valence-electron chi connectivity index (χ1n) is 7.51. The van der Waals surface area contributed by atoms with E-state index < -0.39 is 0 Å². The zero-order chi connectivity index (χ0) is 15.4. The number of aryl methyl sites for hydroxylation is 2. The topological polar surface area (TPSA) is 40.7 Å². The van der Waals surface area contributed by atoms with Gasteiger partial charge < -0.3 is 10.3 Å². The summed E-state index contributed by atoms with van der Waals surface area (Å²) in [6.07, 6.45) is 2.88. The van der Waals surface area contributed by atoms with E-state index in [1.807, 2.05) is 25.3 Å². The summed E-state index contributed by atoms with van der Waals surface area (Å²) in [6.45, 7) is 4.74. The highest BCUT2D eigenvalue weighted by molar-refractivity contribution is 5.82. The first-order chi connectivity index (χ1) is 10.7. The number of fused-ring (bicyclic) bond motifs is 1. The van der Waals surface area contributed by atoms with Gasteiger partial charge in [-0.3, -0.25) is 4.98 Å². The molecular formula is C19H19N3. The number of hydrogen-bond acceptors (Lipinski definition) is 2. The van der Waals surface area contributed by atoms with Crippen LogP contribution in [0.15, 0.2) is 42.6 Å². The van der Waals surface area contributed by atoms with Crippen molar-refractivity contribution in [2.24, 2.45) is 0 Å². The normalized spacial score (nSPS) is 10.3. The lowest BCUT2D eigenvalue weighted by Crippen LogP contribution is -1.99. The van der Waals surface area contributed by atoms with Crippen molar-refractivity contribution in [1.29, 1.82) is 0 Å². The Morgan fingerprint density at radius 3 is 2.86 bits per heavy atom. The summed E-state index contributed by atoms with van der Waals surface area (Å²) in [5.74, 6) is 6.30. The Labute approximate surface area is 130 Å². The van der Waals surface area contributed by atoms with E-state index in [0.717, 1.165) is 29.0 Å². The summed E-state index contributed by atoms with van der Waals surface area (Å²) >= 11 is 0. The number of pyridine rings is 1. The minimum atomic E-state index is 0.598. The van der Waals surface area contributed by atoms with E-state index in [-0.39, 0.29) is 0 Å². The Kier molecular flexibility index (Phi) is 4.11. The van der Waals surface area contributed by atoms with Crippen LogP contribution in [0.3, 0.4) is 0 Å². The van der Waals surface area contributed by atoms with Gasteiger partial charge >= 0.3 is 0 Å². The second kappa shape index (κ2) is 6.36.